The van der Waals surface area contributed by atoms with Crippen molar-refractivity contribution in [3.8, 4) is 0 Å². The molecule has 21 heteroatoms. The van der Waals surface area contributed by atoms with Gasteiger partial charge in [0.1, 0.15) is 52.5 Å². The van der Waals surface area contributed by atoms with E-state index in [1.54, 1.807) is 0 Å². The van der Waals surface area contributed by atoms with E-state index in [0.717, 1.165) is 0 Å². The van der Waals surface area contributed by atoms with Crippen molar-refractivity contribution in [3.05, 3.63) is 98.9 Å². The highest BCUT2D eigenvalue weighted by Gasteiger charge is 2.77. The van der Waals surface area contributed by atoms with Crippen LogP contribution in [0.4, 0.5) is 87.8 Å². The van der Waals surface area contributed by atoms with Crippen molar-refractivity contribution < 1.29 is 87.8 Å². The number of rotatable bonds is 7. The van der Waals surface area contributed by atoms with Gasteiger partial charge in [0.2, 0.25) is 0 Å². The van der Waals surface area contributed by atoms with E-state index in [9.17, 15) is 13.2 Å². The third-order valence-corrected chi connectivity index (χ3v) is 9.92. The van der Waals surface area contributed by atoms with Gasteiger partial charge in [0, 0.05) is 0 Å². The Morgan fingerprint density at radius 2 is 0.667 bits per heavy atom. The van der Waals surface area contributed by atoms with E-state index in [1.165, 1.54) is 0 Å². The van der Waals surface area contributed by atoms with Gasteiger partial charge in [0.15, 0.2) is 70.0 Å². The molecule has 3 aromatic carbocycles. The predicted octanol–water partition coefficient (Wildman–Crippen LogP) is 9.13. The standard InChI is InChI=1S/C30H16BF20/c1-4-28(26(48)25(47)27(49)29(50,5-2)30(28,51)6-3)31(7-10(32)16(38)22(44)17(39)11(7)33,8-12(34)18(40)23(45)19(41)13(8)35)9-14(36)20(42)24(46)21(43)15(9)37/h27H,4-6H2,1-3H3/q-1. The molecule has 0 spiro atoms. The normalized spacial score (nSPS) is 24.2. The summed E-state index contributed by atoms with van der Waals surface area (Å²) in [5.74, 6) is -59.8. The second-order valence-electron chi connectivity index (χ2n) is 11.5. The van der Waals surface area contributed by atoms with Crippen LogP contribution in [0.3, 0.4) is 0 Å². The number of allylic oxidation sites excluding steroid dienone is 2. The molecule has 0 nitrogen and oxygen atoms in total. The van der Waals surface area contributed by atoms with Crippen molar-refractivity contribution in [3.63, 3.8) is 0 Å². The molecule has 0 radical (unpaired) electrons. The van der Waals surface area contributed by atoms with Crippen LogP contribution in [0.25, 0.3) is 0 Å². The number of halogens is 20. The fourth-order valence-corrected chi connectivity index (χ4v) is 7.79. The van der Waals surface area contributed by atoms with E-state index in [0.29, 0.717) is 6.92 Å². The molecule has 0 saturated heterocycles. The van der Waals surface area contributed by atoms with Crippen molar-refractivity contribution in [2.24, 2.45) is 0 Å². The zero-order chi connectivity index (χ0) is 39.2. The number of alkyl halides is 3. The van der Waals surface area contributed by atoms with Gasteiger partial charge in [-0.1, -0.05) is 27.2 Å². The lowest BCUT2D eigenvalue weighted by Gasteiger charge is -2.67. The third kappa shape index (κ3) is 4.43. The molecule has 0 saturated carbocycles. The van der Waals surface area contributed by atoms with Crippen molar-refractivity contribution in [2.75, 3.05) is 0 Å². The van der Waals surface area contributed by atoms with Crippen LogP contribution in [-0.2, 0) is 0 Å². The van der Waals surface area contributed by atoms with E-state index < -0.39 is 164 Å². The van der Waals surface area contributed by atoms with Crippen LogP contribution in [0.15, 0.2) is 11.7 Å². The molecule has 0 aliphatic heterocycles. The SMILES string of the molecule is CCC1(F)C(F)C(F)=C(F)C(CC)([B-](c2c(F)c(F)c(F)c(F)c2F)(c2c(F)c(F)c(F)c(F)c2F)c2c(F)c(F)c(F)c(F)c2F)C1(F)CC. The lowest BCUT2D eigenvalue weighted by Crippen LogP contribution is -2.84. The van der Waals surface area contributed by atoms with E-state index in [2.05, 4.69) is 0 Å². The Morgan fingerprint density at radius 1 is 0.412 bits per heavy atom. The summed E-state index contributed by atoms with van der Waals surface area (Å²) in [6, 6.07) is 0. The Bertz CT molecular complexity index is 1760. The monoisotopic (exact) mass is 767 g/mol. The zero-order valence-electron chi connectivity index (χ0n) is 25.3. The summed E-state index contributed by atoms with van der Waals surface area (Å²) in [7, 11) is 0. The van der Waals surface area contributed by atoms with E-state index >= 15 is 74.6 Å². The highest BCUT2D eigenvalue weighted by Crippen LogP contribution is 2.70. The van der Waals surface area contributed by atoms with Gasteiger partial charge in [-0.25, -0.2) is 87.8 Å². The molecule has 0 fully saturated rings. The van der Waals surface area contributed by atoms with Crippen molar-refractivity contribution in [2.45, 2.75) is 62.9 Å². The van der Waals surface area contributed by atoms with Crippen LogP contribution in [0, 0.1) is 87.3 Å². The van der Waals surface area contributed by atoms with Gasteiger partial charge < -0.3 is 0 Å². The minimum Gasteiger partial charge on any atom is -0.243 e. The third-order valence-electron chi connectivity index (χ3n) is 9.92. The molecule has 3 aromatic rings. The zero-order valence-corrected chi connectivity index (χ0v) is 25.3. The van der Waals surface area contributed by atoms with E-state index in [4.69, 9.17) is 0 Å². The number of hydrogen-bond donors (Lipinski definition) is 0. The molecule has 1 aliphatic carbocycles. The Kier molecular flexibility index (Phi) is 9.87. The van der Waals surface area contributed by atoms with Crippen molar-refractivity contribution >= 4 is 22.5 Å². The highest BCUT2D eigenvalue weighted by atomic mass is 19.2. The summed E-state index contributed by atoms with van der Waals surface area (Å²) >= 11 is 0. The van der Waals surface area contributed by atoms with Crippen LogP contribution in [-0.4, -0.2) is 23.7 Å². The minimum absolute atomic E-state index is 0.131. The van der Waals surface area contributed by atoms with Crippen LogP contribution in [0.5, 0.6) is 0 Å². The molecule has 0 heterocycles. The van der Waals surface area contributed by atoms with Gasteiger partial charge >= 0.3 is 0 Å². The molecule has 0 amide bonds. The second-order valence-corrected chi connectivity index (χ2v) is 11.5. The Labute approximate surface area is 272 Å². The number of hydrogen-bond acceptors (Lipinski definition) is 0. The van der Waals surface area contributed by atoms with Gasteiger partial charge in [0.05, 0.1) is 0 Å². The molecule has 4 atom stereocenters. The largest absolute Gasteiger partial charge is 0.243 e. The summed E-state index contributed by atoms with van der Waals surface area (Å²) in [5, 5.41) is -5.31. The topological polar surface area (TPSA) is 0 Å². The van der Waals surface area contributed by atoms with Crippen LogP contribution < -0.4 is 16.4 Å². The molecular weight excluding hydrogens is 751 g/mol. The Morgan fingerprint density at radius 3 is 0.882 bits per heavy atom. The first-order chi connectivity index (χ1) is 23.4. The Hall–Kier alpha value is -3.94. The van der Waals surface area contributed by atoms with Crippen LogP contribution in [0.1, 0.15) is 40.0 Å². The van der Waals surface area contributed by atoms with Crippen LogP contribution in [0.2, 0.25) is 5.31 Å². The summed E-state index contributed by atoms with van der Waals surface area (Å²) < 4.78 is 313. The lowest BCUT2D eigenvalue weighted by atomic mass is 9.02. The quantitative estimate of drug-likeness (QED) is 0.0975. The van der Waals surface area contributed by atoms with Gasteiger partial charge in [-0.05, 0) is 18.2 Å². The number of benzene rings is 3. The Balaban J connectivity index is 2.79. The molecular formula is C30H16BF20-. The fourth-order valence-electron chi connectivity index (χ4n) is 7.79. The lowest BCUT2D eigenvalue weighted by molar-refractivity contribution is -0.128. The predicted molar refractivity (Wildman–Crippen MR) is 139 cm³/mol. The van der Waals surface area contributed by atoms with Gasteiger partial charge in [-0.2, -0.15) is 0 Å². The molecule has 0 N–H and O–H groups in total. The average molecular weight is 767 g/mol. The molecule has 280 valence electrons. The summed E-state index contributed by atoms with van der Waals surface area (Å²) in [6.07, 6.45) is -17.8. The molecule has 4 unspecified atom stereocenters. The summed E-state index contributed by atoms with van der Waals surface area (Å²) in [5.41, 5.74) is -20.5. The van der Waals surface area contributed by atoms with Gasteiger partial charge in [-0.3, -0.25) is 0 Å². The van der Waals surface area contributed by atoms with Gasteiger partial charge in [0.25, 0.3) is 0 Å². The van der Waals surface area contributed by atoms with Crippen molar-refractivity contribution in [1.82, 2.24) is 0 Å². The molecule has 51 heavy (non-hydrogen) atoms. The fraction of sp³-hybridized carbons (Fsp3) is 0.333. The summed E-state index contributed by atoms with van der Waals surface area (Å²) in [6.45, 7) is 0.817. The first-order valence-electron chi connectivity index (χ1n) is 14.2. The first kappa shape index (κ1) is 39.8. The van der Waals surface area contributed by atoms with E-state index in [1.807, 2.05) is 0 Å². The maximum Gasteiger partial charge on any atom is 0.200 e. The molecule has 0 bridgehead atoms. The van der Waals surface area contributed by atoms with E-state index in [-0.39, 0.29) is 13.8 Å². The van der Waals surface area contributed by atoms with Crippen molar-refractivity contribution in [1.29, 1.82) is 0 Å². The molecule has 1 aliphatic rings. The maximum atomic E-state index is 18.0. The highest BCUT2D eigenvalue weighted by molar-refractivity contribution is 7.14. The average Bonchev–Trinajstić information content (AvgIpc) is 3.11. The minimum atomic E-state index is -7.26. The first-order valence-corrected chi connectivity index (χ1v) is 14.2. The molecule has 0 aromatic heterocycles. The van der Waals surface area contributed by atoms with Gasteiger partial charge in [-0.15, -0.1) is 16.4 Å². The molecule has 4 rings (SSSR count). The maximum absolute atomic E-state index is 18.0. The second kappa shape index (κ2) is 12.6. The van der Waals surface area contributed by atoms with Crippen LogP contribution >= 0.6 is 0 Å². The smallest absolute Gasteiger partial charge is 0.200 e. The summed E-state index contributed by atoms with van der Waals surface area (Å²) in [4.78, 5) is 0.